The molecule has 0 fully saturated rings. The lowest BCUT2D eigenvalue weighted by Crippen LogP contribution is -2.24. The lowest BCUT2D eigenvalue weighted by Gasteiger charge is -2.25. The number of hydrogen-bond donors (Lipinski definition) is 2. The van der Waals surface area contributed by atoms with Crippen molar-refractivity contribution in [2.75, 3.05) is 6.54 Å². The first-order valence-electron chi connectivity index (χ1n) is 6.63. The lowest BCUT2D eigenvalue weighted by molar-refractivity contribution is -0.121. The van der Waals surface area contributed by atoms with Crippen molar-refractivity contribution in [1.29, 1.82) is 0 Å². The first kappa shape index (κ1) is 15.3. The van der Waals surface area contributed by atoms with Crippen LogP contribution in [0.1, 0.15) is 38.7 Å². The van der Waals surface area contributed by atoms with Crippen molar-refractivity contribution in [3.05, 3.63) is 42.5 Å². The molecule has 0 unspecified atom stereocenters. The van der Waals surface area contributed by atoms with Crippen LogP contribution in [0.15, 0.2) is 36.9 Å². The molecule has 3 nitrogen and oxygen atoms in total. The molecule has 0 spiro atoms. The normalized spacial score (nSPS) is 11.1. The van der Waals surface area contributed by atoms with Crippen LogP contribution in [0.2, 0.25) is 0 Å². The largest absolute Gasteiger partial charge is 0.508 e. The summed E-state index contributed by atoms with van der Waals surface area (Å²) in [7, 11) is 0. The second kappa shape index (κ2) is 6.98. The molecular formula is C16H23NO2. The van der Waals surface area contributed by atoms with E-state index in [1.807, 2.05) is 12.1 Å². The van der Waals surface area contributed by atoms with Crippen molar-refractivity contribution < 1.29 is 9.90 Å². The van der Waals surface area contributed by atoms with Gasteiger partial charge in [0.15, 0.2) is 0 Å². The second-order valence-electron chi connectivity index (χ2n) is 5.38. The summed E-state index contributed by atoms with van der Waals surface area (Å²) in [4.78, 5) is 11.5. The summed E-state index contributed by atoms with van der Waals surface area (Å²) in [6.07, 6.45) is 3.99. The number of phenolic OH excluding ortho intramolecular Hbond substituents is 1. The molecule has 0 aliphatic rings. The number of carbonyl (C=O) groups excluding carboxylic acids is 1. The monoisotopic (exact) mass is 261 g/mol. The minimum atomic E-state index is 0.00637. The van der Waals surface area contributed by atoms with Gasteiger partial charge in [-0.3, -0.25) is 4.79 Å². The lowest BCUT2D eigenvalue weighted by atomic mass is 9.80. The number of hydrogen-bond acceptors (Lipinski definition) is 2. The number of amides is 1. The van der Waals surface area contributed by atoms with E-state index in [0.717, 1.165) is 12.8 Å². The summed E-state index contributed by atoms with van der Waals surface area (Å²) < 4.78 is 0. The maximum absolute atomic E-state index is 11.5. The molecule has 1 rings (SSSR count). The zero-order valence-electron chi connectivity index (χ0n) is 11.8. The number of carbonyl (C=O) groups is 1. The zero-order chi connectivity index (χ0) is 14.3. The average molecular weight is 261 g/mol. The highest BCUT2D eigenvalue weighted by molar-refractivity contribution is 5.75. The summed E-state index contributed by atoms with van der Waals surface area (Å²) in [6, 6.07) is 7.28. The minimum absolute atomic E-state index is 0.00637. The Kier molecular flexibility index (Phi) is 5.61. The maximum atomic E-state index is 11.5. The Labute approximate surface area is 115 Å². The molecule has 3 heteroatoms. The van der Waals surface area contributed by atoms with Gasteiger partial charge < -0.3 is 10.4 Å². The third-order valence-electron chi connectivity index (χ3n) is 3.30. The number of nitrogens with one attached hydrogen (secondary N) is 1. The molecule has 0 saturated carbocycles. The van der Waals surface area contributed by atoms with Gasteiger partial charge in [-0.2, -0.15) is 0 Å². The molecule has 1 aromatic rings. The Bertz CT molecular complexity index is 421. The molecule has 2 N–H and O–H groups in total. The van der Waals surface area contributed by atoms with Crippen LogP contribution in [0.3, 0.4) is 0 Å². The molecule has 1 aromatic carbocycles. The summed E-state index contributed by atoms with van der Waals surface area (Å²) in [5.41, 5.74) is 1.18. The van der Waals surface area contributed by atoms with Crippen LogP contribution in [-0.4, -0.2) is 17.6 Å². The first-order chi connectivity index (χ1) is 8.95. The van der Waals surface area contributed by atoms with E-state index < -0.39 is 0 Å². The molecule has 0 bridgehead atoms. The first-order valence-corrected chi connectivity index (χ1v) is 6.63. The van der Waals surface area contributed by atoms with Crippen LogP contribution in [0.4, 0.5) is 0 Å². The van der Waals surface area contributed by atoms with Crippen LogP contribution < -0.4 is 5.32 Å². The number of aromatic hydroxyl groups is 1. The van der Waals surface area contributed by atoms with Gasteiger partial charge in [0.2, 0.25) is 5.91 Å². The summed E-state index contributed by atoms with van der Waals surface area (Å²) in [5, 5.41) is 12.1. The molecule has 0 aliphatic carbocycles. The molecular weight excluding hydrogens is 238 g/mol. The van der Waals surface area contributed by atoms with Gasteiger partial charge in [-0.25, -0.2) is 0 Å². The quantitative estimate of drug-likeness (QED) is 0.741. The second-order valence-corrected chi connectivity index (χ2v) is 5.38. The molecule has 0 atom stereocenters. The van der Waals surface area contributed by atoms with E-state index in [1.54, 1.807) is 18.2 Å². The molecule has 19 heavy (non-hydrogen) atoms. The van der Waals surface area contributed by atoms with Crippen LogP contribution >= 0.6 is 0 Å². The Hall–Kier alpha value is -1.77. The van der Waals surface area contributed by atoms with Gasteiger partial charge in [0, 0.05) is 13.0 Å². The highest BCUT2D eigenvalue weighted by atomic mass is 16.3. The van der Waals surface area contributed by atoms with E-state index in [1.165, 1.54) is 5.56 Å². The van der Waals surface area contributed by atoms with Gasteiger partial charge in [0.05, 0.1) is 0 Å². The van der Waals surface area contributed by atoms with Crippen molar-refractivity contribution in [3.8, 4) is 5.75 Å². The van der Waals surface area contributed by atoms with E-state index in [-0.39, 0.29) is 17.1 Å². The predicted molar refractivity (Wildman–Crippen MR) is 78.2 cm³/mol. The van der Waals surface area contributed by atoms with Crippen LogP contribution in [0, 0.1) is 0 Å². The smallest absolute Gasteiger partial charge is 0.220 e. The van der Waals surface area contributed by atoms with Crippen molar-refractivity contribution in [1.82, 2.24) is 5.32 Å². The number of phenols is 1. The van der Waals surface area contributed by atoms with Gasteiger partial charge in [0.1, 0.15) is 5.75 Å². The fourth-order valence-electron chi connectivity index (χ4n) is 2.02. The minimum Gasteiger partial charge on any atom is -0.508 e. The molecule has 1 amide bonds. The molecule has 0 aliphatic heterocycles. The SMILES string of the molecule is C=CCNC(=O)CCCC(C)(C)c1ccc(O)cc1. The van der Waals surface area contributed by atoms with E-state index >= 15 is 0 Å². The number of benzene rings is 1. The molecule has 0 aromatic heterocycles. The fourth-order valence-corrected chi connectivity index (χ4v) is 2.02. The molecule has 0 heterocycles. The Morgan fingerprint density at radius 1 is 1.37 bits per heavy atom. The Morgan fingerprint density at radius 2 is 2.00 bits per heavy atom. The van der Waals surface area contributed by atoms with Crippen molar-refractivity contribution >= 4 is 5.91 Å². The highest BCUT2D eigenvalue weighted by Crippen LogP contribution is 2.29. The topological polar surface area (TPSA) is 49.3 Å². The van der Waals surface area contributed by atoms with Gasteiger partial charge in [0.25, 0.3) is 0 Å². The summed E-state index contributed by atoms with van der Waals surface area (Å²) >= 11 is 0. The zero-order valence-corrected chi connectivity index (χ0v) is 11.8. The Morgan fingerprint density at radius 3 is 2.58 bits per heavy atom. The number of rotatable bonds is 7. The average Bonchev–Trinajstić information content (AvgIpc) is 2.36. The van der Waals surface area contributed by atoms with Gasteiger partial charge in [-0.1, -0.05) is 32.1 Å². The summed E-state index contributed by atoms with van der Waals surface area (Å²) in [5.74, 6) is 0.352. The molecule has 0 saturated heterocycles. The third-order valence-corrected chi connectivity index (χ3v) is 3.30. The van der Waals surface area contributed by atoms with E-state index in [4.69, 9.17) is 0 Å². The fraction of sp³-hybridized carbons (Fsp3) is 0.438. The van der Waals surface area contributed by atoms with E-state index in [2.05, 4.69) is 25.7 Å². The molecule has 104 valence electrons. The van der Waals surface area contributed by atoms with Crippen molar-refractivity contribution in [2.24, 2.45) is 0 Å². The van der Waals surface area contributed by atoms with E-state index in [0.29, 0.717) is 13.0 Å². The van der Waals surface area contributed by atoms with Crippen LogP contribution in [0.25, 0.3) is 0 Å². The van der Waals surface area contributed by atoms with Crippen LogP contribution in [-0.2, 0) is 10.2 Å². The van der Waals surface area contributed by atoms with Gasteiger partial charge in [-0.15, -0.1) is 6.58 Å². The van der Waals surface area contributed by atoms with Crippen molar-refractivity contribution in [2.45, 2.75) is 38.5 Å². The third kappa shape index (κ3) is 5.16. The highest BCUT2D eigenvalue weighted by Gasteiger charge is 2.20. The van der Waals surface area contributed by atoms with Gasteiger partial charge >= 0.3 is 0 Å². The summed E-state index contributed by atoms with van der Waals surface area (Å²) in [6.45, 7) is 8.40. The van der Waals surface area contributed by atoms with Crippen LogP contribution in [0.5, 0.6) is 5.75 Å². The Balaban J connectivity index is 2.44. The molecule has 0 radical (unpaired) electrons. The predicted octanol–water partition coefficient (Wildman–Crippen LogP) is 3.14. The van der Waals surface area contributed by atoms with Gasteiger partial charge in [-0.05, 0) is 36.0 Å². The standard InChI is InChI=1S/C16H23NO2/c1-4-12-17-15(19)6-5-11-16(2,3)13-7-9-14(18)10-8-13/h4,7-10,18H,1,5-6,11-12H2,2-3H3,(H,17,19). The van der Waals surface area contributed by atoms with E-state index in [9.17, 15) is 9.90 Å². The van der Waals surface area contributed by atoms with Crippen molar-refractivity contribution in [3.63, 3.8) is 0 Å². The maximum Gasteiger partial charge on any atom is 0.220 e.